The highest BCUT2D eigenvalue weighted by Crippen LogP contribution is 2.35. The normalized spacial score (nSPS) is 12.1. The largest absolute Gasteiger partial charge is 0.481 e. The summed E-state index contributed by atoms with van der Waals surface area (Å²) in [7, 11) is 0. The van der Waals surface area contributed by atoms with Crippen molar-refractivity contribution in [2.75, 3.05) is 19.9 Å². The summed E-state index contributed by atoms with van der Waals surface area (Å²) in [6.07, 6.45) is -4.44. The standard InChI is InChI=1S/C22H16F3N3O4/c23-22(24,25)15-4-3-5-16(11-15)30-9-2-1-8-26-21(29)18-12-17(27-28-18)14-6-7-19-20(10-14)32-13-31-19/h3-7,10-12H,8-9,13H2,(H,26,29)(H,27,28). The van der Waals surface area contributed by atoms with E-state index in [1.165, 1.54) is 12.1 Å². The zero-order chi connectivity index (χ0) is 22.6. The number of fused-ring (bicyclic) bond motifs is 1. The molecule has 3 aromatic rings. The maximum Gasteiger partial charge on any atom is 0.416 e. The smallest absolute Gasteiger partial charge is 0.416 e. The van der Waals surface area contributed by atoms with E-state index in [-0.39, 0.29) is 31.4 Å². The van der Waals surface area contributed by atoms with Crippen molar-refractivity contribution >= 4 is 5.91 Å². The molecule has 0 fully saturated rings. The molecule has 0 aliphatic carbocycles. The van der Waals surface area contributed by atoms with Gasteiger partial charge in [0.05, 0.1) is 17.8 Å². The summed E-state index contributed by atoms with van der Waals surface area (Å²) in [5.41, 5.74) is 0.777. The first-order valence-corrected chi connectivity index (χ1v) is 9.39. The number of H-pyrrole nitrogens is 1. The third kappa shape index (κ3) is 4.95. The van der Waals surface area contributed by atoms with Gasteiger partial charge in [-0.05, 0) is 42.5 Å². The zero-order valence-electron chi connectivity index (χ0n) is 16.5. The SMILES string of the molecule is O=C(NCC#CCOc1cccc(C(F)(F)F)c1)c1cc(-c2ccc3c(c2)OCO3)n[nH]1. The summed E-state index contributed by atoms with van der Waals surface area (Å²) in [4.78, 5) is 12.2. The molecule has 1 aliphatic rings. The summed E-state index contributed by atoms with van der Waals surface area (Å²) in [6.45, 7) is 0.0810. The summed E-state index contributed by atoms with van der Waals surface area (Å²) < 4.78 is 53.8. The Bertz CT molecular complexity index is 1190. The maximum atomic E-state index is 12.7. The van der Waals surface area contributed by atoms with Crippen LogP contribution >= 0.6 is 0 Å². The van der Waals surface area contributed by atoms with Gasteiger partial charge in [0.1, 0.15) is 18.1 Å². The number of alkyl halides is 3. The van der Waals surface area contributed by atoms with E-state index < -0.39 is 17.6 Å². The van der Waals surface area contributed by atoms with Crippen molar-refractivity contribution in [1.29, 1.82) is 0 Å². The molecule has 4 rings (SSSR count). The lowest BCUT2D eigenvalue weighted by atomic mass is 10.1. The van der Waals surface area contributed by atoms with E-state index in [4.69, 9.17) is 14.2 Å². The van der Waals surface area contributed by atoms with E-state index in [2.05, 4.69) is 27.4 Å². The second-order valence-corrected chi connectivity index (χ2v) is 6.59. The van der Waals surface area contributed by atoms with Crippen molar-refractivity contribution in [2.45, 2.75) is 6.18 Å². The number of ether oxygens (including phenoxy) is 3. The predicted octanol–water partition coefficient (Wildman–Crippen LogP) is 3.64. The van der Waals surface area contributed by atoms with E-state index in [9.17, 15) is 18.0 Å². The number of halogens is 3. The van der Waals surface area contributed by atoms with Crippen molar-refractivity contribution in [3.8, 4) is 40.3 Å². The molecular weight excluding hydrogens is 427 g/mol. The number of aromatic nitrogens is 2. The molecule has 0 unspecified atom stereocenters. The van der Waals surface area contributed by atoms with Crippen LogP contribution in [0.1, 0.15) is 16.1 Å². The Kier molecular flexibility index (Phi) is 5.89. The average Bonchev–Trinajstić information content (AvgIpc) is 3.44. The minimum Gasteiger partial charge on any atom is -0.481 e. The van der Waals surface area contributed by atoms with E-state index >= 15 is 0 Å². The lowest BCUT2D eigenvalue weighted by Crippen LogP contribution is -2.24. The van der Waals surface area contributed by atoms with Crippen LogP contribution in [0.15, 0.2) is 48.5 Å². The van der Waals surface area contributed by atoms with Crippen LogP contribution in [-0.2, 0) is 6.18 Å². The molecule has 1 amide bonds. The number of hydrogen-bond acceptors (Lipinski definition) is 5. The highest BCUT2D eigenvalue weighted by atomic mass is 19.4. The van der Waals surface area contributed by atoms with Gasteiger partial charge < -0.3 is 19.5 Å². The Balaban J connectivity index is 1.26. The van der Waals surface area contributed by atoms with Crippen LogP contribution in [-0.4, -0.2) is 36.0 Å². The number of amides is 1. The lowest BCUT2D eigenvalue weighted by Gasteiger charge is -2.08. The minimum absolute atomic E-state index is 0.0309. The Morgan fingerprint density at radius 1 is 1.12 bits per heavy atom. The van der Waals surface area contributed by atoms with Crippen molar-refractivity contribution in [3.05, 3.63) is 59.8 Å². The van der Waals surface area contributed by atoms with Gasteiger partial charge in [-0.15, -0.1) is 0 Å². The molecule has 0 radical (unpaired) electrons. The molecule has 2 heterocycles. The summed E-state index contributed by atoms with van der Waals surface area (Å²) in [5.74, 6) is 6.23. The molecule has 0 bridgehead atoms. The first-order chi connectivity index (χ1) is 15.4. The van der Waals surface area contributed by atoms with Gasteiger partial charge in [-0.2, -0.15) is 18.3 Å². The Labute approximate surface area is 180 Å². The molecule has 0 spiro atoms. The van der Waals surface area contributed by atoms with Gasteiger partial charge in [0.15, 0.2) is 11.5 Å². The molecule has 0 saturated heterocycles. The van der Waals surface area contributed by atoms with Crippen LogP contribution in [0.2, 0.25) is 0 Å². The van der Waals surface area contributed by atoms with E-state index in [1.807, 2.05) is 0 Å². The number of aromatic amines is 1. The average molecular weight is 443 g/mol. The van der Waals surface area contributed by atoms with Crippen molar-refractivity contribution in [1.82, 2.24) is 15.5 Å². The van der Waals surface area contributed by atoms with Crippen molar-refractivity contribution in [2.24, 2.45) is 0 Å². The van der Waals surface area contributed by atoms with E-state index in [0.717, 1.165) is 17.7 Å². The minimum atomic E-state index is -4.44. The van der Waals surface area contributed by atoms with Gasteiger partial charge in [0.2, 0.25) is 6.79 Å². The number of benzene rings is 2. The number of nitrogens with one attached hydrogen (secondary N) is 2. The van der Waals surface area contributed by atoms with E-state index in [1.54, 1.807) is 24.3 Å². The van der Waals surface area contributed by atoms with Crippen LogP contribution in [0.3, 0.4) is 0 Å². The summed E-state index contributed by atoms with van der Waals surface area (Å²) in [5, 5.41) is 9.39. The lowest BCUT2D eigenvalue weighted by molar-refractivity contribution is -0.137. The molecule has 32 heavy (non-hydrogen) atoms. The van der Waals surface area contributed by atoms with Crippen LogP contribution in [0.5, 0.6) is 17.2 Å². The zero-order valence-corrected chi connectivity index (χ0v) is 16.5. The molecule has 0 atom stereocenters. The molecule has 1 aliphatic heterocycles. The Morgan fingerprint density at radius 3 is 2.81 bits per heavy atom. The maximum absolute atomic E-state index is 12.7. The molecule has 10 heteroatoms. The fraction of sp³-hybridized carbons (Fsp3) is 0.182. The summed E-state index contributed by atoms with van der Waals surface area (Å²) >= 11 is 0. The highest BCUT2D eigenvalue weighted by molar-refractivity contribution is 5.93. The number of nitrogens with zero attached hydrogens (tertiary/aromatic N) is 1. The highest BCUT2D eigenvalue weighted by Gasteiger charge is 2.30. The molecule has 0 saturated carbocycles. The molecule has 2 N–H and O–H groups in total. The molecular formula is C22H16F3N3O4. The van der Waals surface area contributed by atoms with Gasteiger partial charge in [0, 0.05) is 5.56 Å². The Hall–Kier alpha value is -4.13. The second kappa shape index (κ2) is 8.93. The molecule has 1 aromatic heterocycles. The predicted molar refractivity (Wildman–Crippen MR) is 107 cm³/mol. The van der Waals surface area contributed by atoms with Crippen LogP contribution < -0.4 is 19.5 Å². The fourth-order valence-electron chi connectivity index (χ4n) is 2.86. The van der Waals surface area contributed by atoms with Gasteiger partial charge in [0.25, 0.3) is 5.91 Å². The number of carbonyl (C=O) groups excluding carboxylic acids is 1. The van der Waals surface area contributed by atoms with Crippen LogP contribution in [0, 0.1) is 11.8 Å². The van der Waals surface area contributed by atoms with E-state index in [0.29, 0.717) is 17.2 Å². The molecule has 7 nitrogen and oxygen atoms in total. The van der Waals surface area contributed by atoms with Gasteiger partial charge in [-0.3, -0.25) is 9.89 Å². The first-order valence-electron chi connectivity index (χ1n) is 9.39. The fourth-order valence-corrected chi connectivity index (χ4v) is 2.86. The van der Waals surface area contributed by atoms with Gasteiger partial charge >= 0.3 is 6.18 Å². The number of rotatable bonds is 5. The molecule has 164 valence electrons. The number of hydrogen-bond donors (Lipinski definition) is 2. The van der Waals surface area contributed by atoms with Crippen LogP contribution in [0.25, 0.3) is 11.3 Å². The second-order valence-electron chi connectivity index (χ2n) is 6.59. The van der Waals surface area contributed by atoms with Gasteiger partial charge in [-0.25, -0.2) is 0 Å². The third-order valence-electron chi connectivity index (χ3n) is 4.43. The Morgan fingerprint density at radius 2 is 1.97 bits per heavy atom. The molecule has 2 aromatic carbocycles. The quantitative estimate of drug-likeness (QED) is 0.589. The van der Waals surface area contributed by atoms with Gasteiger partial charge in [-0.1, -0.05) is 17.9 Å². The van der Waals surface area contributed by atoms with Crippen LogP contribution in [0.4, 0.5) is 13.2 Å². The first kappa shape index (κ1) is 21.1. The van der Waals surface area contributed by atoms with Crippen molar-refractivity contribution in [3.63, 3.8) is 0 Å². The summed E-state index contributed by atoms with van der Waals surface area (Å²) in [6, 6.07) is 11.5. The third-order valence-corrected chi connectivity index (χ3v) is 4.43. The monoisotopic (exact) mass is 443 g/mol. The number of carbonyl (C=O) groups is 1. The topological polar surface area (TPSA) is 85.5 Å². The van der Waals surface area contributed by atoms with Crippen molar-refractivity contribution < 1.29 is 32.2 Å².